The van der Waals surface area contributed by atoms with Crippen LogP contribution in [0.2, 0.25) is 5.02 Å². The highest BCUT2D eigenvalue weighted by molar-refractivity contribution is 7.99. The number of nitrogens with one attached hydrogen (secondary N) is 1. The monoisotopic (exact) mass is 406 g/mol. The summed E-state index contributed by atoms with van der Waals surface area (Å²) in [5, 5.41) is 2.99. The minimum Gasteiger partial charge on any atom is -0.355 e. The predicted molar refractivity (Wildman–Crippen MR) is 98.0 cm³/mol. The zero-order valence-electron chi connectivity index (χ0n) is 13.6. The van der Waals surface area contributed by atoms with Crippen LogP contribution in [0.1, 0.15) is 17.9 Å². The molecule has 1 saturated carbocycles. The fourth-order valence-electron chi connectivity index (χ4n) is 3.06. The molecule has 1 heterocycles. The molecule has 0 radical (unpaired) electrons. The molecule has 0 unspecified atom stereocenters. The van der Waals surface area contributed by atoms with Gasteiger partial charge in [-0.3, -0.25) is 4.79 Å². The summed E-state index contributed by atoms with van der Waals surface area (Å²) in [6.45, 7) is 1.12. The van der Waals surface area contributed by atoms with Gasteiger partial charge in [0.25, 0.3) is 0 Å². The van der Waals surface area contributed by atoms with Crippen LogP contribution in [0.5, 0.6) is 0 Å². The molecule has 1 saturated heterocycles. The van der Waals surface area contributed by atoms with Gasteiger partial charge in [-0.05, 0) is 18.6 Å². The van der Waals surface area contributed by atoms with Crippen molar-refractivity contribution in [1.29, 1.82) is 0 Å². The number of hydrogen-bond acceptors (Lipinski definition) is 4. The predicted octanol–water partition coefficient (Wildman–Crippen LogP) is 2.08. The average Bonchev–Trinajstić information content (AvgIpc) is 3.36. The van der Waals surface area contributed by atoms with Crippen molar-refractivity contribution < 1.29 is 17.6 Å². The second-order valence-electron chi connectivity index (χ2n) is 6.20. The van der Waals surface area contributed by atoms with Crippen molar-refractivity contribution in [2.75, 3.05) is 36.9 Å². The van der Waals surface area contributed by atoms with Crippen molar-refractivity contribution in [3.63, 3.8) is 0 Å². The van der Waals surface area contributed by atoms with Gasteiger partial charge in [-0.25, -0.2) is 17.1 Å². The Morgan fingerprint density at radius 1 is 1.36 bits per heavy atom. The normalized spacial score (nSPS) is 24.1. The Hall–Kier alpha value is -0.830. The van der Waals surface area contributed by atoms with Gasteiger partial charge in [0.1, 0.15) is 5.82 Å². The summed E-state index contributed by atoms with van der Waals surface area (Å²) in [5.41, 5.74) is 0.378. The first-order valence-corrected chi connectivity index (χ1v) is 11.3. The van der Waals surface area contributed by atoms with E-state index >= 15 is 0 Å². The van der Waals surface area contributed by atoms with Gasteiger partial charge in [0.15, 0.2) is 0 Å². The number of halogens is 2. The van der Waals surface area contributed by atoms with Crippen molar-refractivity contribution in [3.8, 4) is 0 Å². The molecule has 1 N–H and O–H groups in total. The zero-order valence-corrected chi connectivity index (χ0v) is 16.0. The van der Waals surface area contributed by atoms with E-state index in [9.17, 15) is 17.6 Å². The molecule has 138 valence electrons. The number of benzene rings is 1. The Morgan fingerprint density at radius 2 is 2.08 bits per heavy atom. The van der Waals surface area contributed by atoms with Crippen molar-refractivity contribution in [2.24, 2.45) is 5.92 Å². The molecule has 2 aliphatic rings. The highest BCUT2D eigenvalue weighted by Crippen LogP contribution is 2.50. The van der Waals surface area contributed by atoms with E-state index in [1.807, 2.05) is 0 Å². The minimum atomic E-state index is -3.34. The quantitative estimate of drug-likeness (QED) is 0.785. The third kappa shape index (κ3) is 4.48. The van der Waals surface area contributed by atoms with E-state index < -0.39 is 15.8 Å². The van der Waals surface area contributed by atoms with E-state index in [0.717, 1.165) is 11.5 Å². The molecule has 9 heteroatoms. The molecule has 1 aliphatic carbocycles. The standard InChI is InChI=1S/C16H20ClFN2O3S2/c17-13-2-1-3-14(18)15(13)11-10-12(11)16(21)19-4-9-25(22,23)20-5-7-24-8-6-20/h1-3,11-12H,4-10H2,(H,19,21)/t11-,12-/m0/s1. The van der Waals surface area contributed by atoms with E-state index in [-0.39, 0.29) is 30.0 Å². The fourth-order valence-corrected chi connectivity index (χ4v) is 5.85. The number of sulfonamides is 1. The van der Waals surface area contributed by atoms with E-state index in [4.69, 9.17) is 11.6 Å². The molecule has 1 amide bonds. The van der Waals surface area contributed by atoms with Crippen LogP contribution < -0.4 is 5.32 Å². The molecule has 3 rings (SSSR count). The van der Waals surface area contributed by atoms with Crippen LogP contribution in [0, 0.1) is 11.7 Å². The molecular formula is C16H20ClFN2O3S2. The maximum Gasteiger partial charge on any atom is 0.223 e. The number of carbonyl (C=O) groups is 1. The number of carbonyl (C=O) groups excluding carboxylic acids is 1. The third-order valence-corrected chi connectivity index (χ3v) is 7.66. The first-order chi connectivity index (χ1) is 11.9. The minimum absolute atomic E-state index is 0.0685. The first-order valence-electron chi connectivity index (χ1n) is 8.17. The van der Waals surface area contributed by atoms with Crippen LogP contribution in [-0.4, -0.2) is 55.5 Å². The highest BCUT2D eigenvalue weighted by Gasteiger charge is 2.46. The average molecular weight is 407 g/mol. The number of rotatable bonds is 6. The fraction of sp³-hybridized carbons (Fsp3) is 0.562. The lowest BCUT2D eigenvalue weighted by molar-refractivity contribution is -0.122. The van der Waals surface area contributed by atoms with Crippen LogP contribution in [0.15, 0.2) is 18.2 Å². The third-order valence-electron chi connectivity index (χ3n) is 4.52. The smallest absolute Gasteiger partial charge is 0.223 e. The van der Waals surface area contributed by atoms with Crippen molar-refractivity contribution >= 4 is 39.3 Å². The molecule has 1 aromatic rings. The SMILES string of the molecule is O=C(NCCS(=O)(=O)N1CCSCC1)[C@H]1C[C@@H]1c1c(F)cccc1Cl. The largest absolute Gasteiger partial charge is 0.355 e. The Labute approximate surface area is 156 Å². The first kappa shape index (κ1) is 18.9. The van der Waals surface area contributed by atoms with Crippen LogP contribution in [0.4, 0.5) is 4.39 Å². The maximum absolute atomic E-state index is 13.9. The Kier molecular flexibility index (Phi) is 5.92. The number of nitrogens with zero attached hydrogens (tertiary/aromatic N) is 1. The van der Waals surface area contributed by atoms with Gasteiger partial charge < -0.3 is 5.32 Å². The van der Waals surface area contributed by atoms with Crippen molar-refractivity contribution in [2.45, 2.75) is 12.3 Å². The van der Waals surface area contributed by atoms with Gasteiger partial charge in [0.05, 0.1) is 5.75 Å². The summed E-state index contributed by atoms with van der Waals surface area (Å²) < 4.78 is 39.8. The lowest BCUT2D eigenvalue weighted by Gasteiger charge is -2.25. The van der Waals surface area contributed by atoms with E-state index in [1.54, 1.807) is 17.8 Å². The van der Waals surface area contributed by atoms with E-state index in [0.29, 0.717) is 30.1 Å². The second kappa shape index (κ2) is 7.82. The molecule has 5 nitrogen and oxygen atoms in total. The summed E-state index contributed by atoms with van der Waals surface area (Å²) in [6.07, 6.45) is 0.530. The van der Waals surface area contributed by atoms with Gasteiger partial charge in [0.2, 0.25) is 15.9 Å². The Bertz CT molecular complexity index is 733. The molecule has 2 atom stereocenters. The Morgan fingerprint density at radius 3 is 2.76 bits per heavy atom. The van der Waals surface area contributed by atoms with Crippen LogP contribution in [0.3, 0.4) is 0 Å². The van der Waals surface area contributed by atoms with Gasteiger partial charge >= 0.3 is 0 Å². The topological polar surface area (TPSA) is 66.5 Å². The van der Waals surface area contributed by atoms with E-state index in [2.05, 4.69) is 5.32 Å². The van der Waals surface area contributed by atoms with Gasteiger partial charge in [-0.15, -0.1) is 0 Å². The van der Waals surface area contributed by atoms with Gasteiger partial charge in [-0.2, -0.15) is 11.8 Å². The Balaban J connectivity index is 1.49. The van der Waals surface area contributed by atoms with Gasteiger partial charge in [-0.1, -0.05) is 17.7 Å². The van der Waals surface area contributed by atoms with Crippen LogP contribution >= 0.6 is 23.4 Å². The van der Waals surface area contributed by atoms with Crippen molar-refractivity contribution in [3.05, 3.63) is 34.6 Å². The summed E-state index contributed by atoms with van der Waals surface area (Å²) in [5.74, 6) is 0.277. The second-order valence-corrected chi connectivity index (χ2v) is 9.92. The summed E-state index contributed by atoms with van der Waals surface area (Å²) >= 11 is 7.77. The van der Waals surface area contributed by atoms with Crippen molar-refractivity contribution in [1.82, 2.24) is 9.62 Å². The maximum atomic E-state index is 13.9. The number of hydrogen-bond donors (Lipinski definition) is 1. The summed E-state index contributed by atoms with van der Waals surface area (Å²) in [7, 11) is -3.34. The van der Waals surface area contributed by atoms with Crippen LogP contribution in [0.25, 0.3) is 0 Å². The van der Waals surface area contributed by atoms with Crippen LogP contribution in [-0.2, 0) is 14.8 Å². The van der Waals surface area contributed by atoms with E-state index in [1.165, 1.54) is 16.4 Å². The molecule has 1 aromatic carbocycles. The molecule has 1 aliphatic heterocycles. The number of thioether (sulfide) groups is 1. The lowest BCUT2D eigenvalue weighted by Crippen LogP contribution is -2.42. The molecule has 0 aromatic heterocycles. The highest BCUT2D eigenvalue weighted by atomic mass is 35.5. The lowest BCUT2D eigenvalue weighted by atomic mass is 10.1. The summed E-state index contributed by atoms with van der Waals surface area (Å²) in [4.78, 5) is 12.2. The number of amides is 1. The molecule has 0 bridgehead atoms. The van der Waals surface area contributed by atoms with Gasteiger partial charge in [0, 0.05) is 53.6 Å². The molecule has 25 heavy (non-hydrogen) atoms. The molecule has 2 fully saturated rings. The summed E-state index contributed by atoms with van der Waals surface area (Å²) in [6, 6.07) is 4.47. The molecule has 0 spiro atoms. The molecular weight excluding hydrogens is 387 g/mol. The zero-order chi connectivity index (χ0) is 18.0.